The number of thioether (sulfide) groups is 1. The topological polar surface area (TPSA) is 83.4 Å². The summed E-state index contributed by atoms with van der Waals surface area (Å²) in [6.07, 6.45) is 1.86. The lowest BCUT2D eigenvalue weighted by molar-refractivity contribution is -0.132. The molecule has 4 rings (SSSR count). The molecule has 8 heteroatoms. The van der Waals surface area contributed by atoms with Crippen molar-refractivity contribution in [1.82, 2.24) is 10.2 Å². The standard InChI is InChI=1S/C25H25N3O3S2/c1-4-14-32-25-27-26-24(33-25)28-20(17-12-8-16(5-2)9-13-17)19(22(30)23(28)31)21(29)18-10-6-15(3)7-11-18/h6-13,20,29H,4-5,14H2,1-3H3/t20-/m1/s1. The summed E-state index contributed by atoms with van der Waals surface area (Å²) >= 11 is 2.85. The average Bonchev–Trinajstić information content (AvgIpc) is 3.40. The van der Waals surface area contributed by atoms with Crippen molar-refractivity contribution >= 4 is 45.7 Å². The Morgan fingerprint density at radius 3 is 2.39 bits per heavy atom. The van der Waals surface area contributed by atoms with Crippen LogP contribution in [0.25, 0.3) is 5.76 Å². The molecule has 0 spiro atoms. The van der Waals surface area contributed by atoms with Crippen molar-refractivity contribution in [1.29, 1.82) is 0 Å². The summed E-state index contributed by atoms with van der Waals surface area (Å²) < 4.78 is 0.743. The second-order valence-corrected chi connectivity index (χ2v) is 10.1. The molecule has 1 atom stereocenters. The van der Waals surface area contributed by atoms with E-state index in [4.69, 9.17) is 0 Å². The predicted octanol–water partition coefficient (Wildman–Crippen LogP) is 5.54. The molecule has 0 saturated carbocycles. The number of ketones is 1. The Morgan fingerprint density at radius 1 is 1.06 bits per heavy atom. The number of carbonyl (C=O) groups excluding carboxylic acids is 2. The second-order valence-electron chi connectivity index (χ2n) is 7.83. The number of anilines is 1. The lowest BCUT2D eigenvalue weighted by Crippen LogP contribution is -2.29. The lowest BCUT2D eigenvalue weighted by atomic mass is 9.94. The van der Waals surface area contributed by atoms with Crippen LogP contribution in [0.2, 0.25) is 0 Å². The fraction of sp³-hybridized carbons (Fsp3) is 0.280. The van der Waals surface area contributed by atoms with Crippen LogP contribution in [-0.2, 0) is 16.0 Å². The summed E-state index contributed by atoms with van der Waals surface area (Å²) in [5, 5.41) is 19.9. The van der Waals surface area contributed by atoms with E-state index in [0.717, 1.165) is 39.6 Å². The Hall–Kier alpha value is -2.97. The van der Waals surface area contributed by atoms with E-state index in [1.165, 1.54) is 16.2 Å². The zero-order valence-electron chi connectivity index (χ0n) is 18.7. The van der Waals surface area contributed by atoms with E-state index in [0.29, 0.717) is 10.7 Å². The van der Waals surface area contributed by atoms with Gasteiger partial charge in [-0.25, -0.2) is 0 Å². The number of carbonyl (C=O) groups is 2. The highest BCUT2D eigenvalue weighted by molar-refractivity contribution is 8.01. The molecule has 1 aliphatic rings. The first-order valence-corrected chi connectivity index (χ1v) is 12.7. The van der Waals surface area contributed by atoms with Gasteiger partial charge in [-0.05, 0) is 30.9 Å². The molecule has 0 unspecified atom stereocenters. The zero-order chi connectivity index (χ0) is 23.5. The lowest BCUT2D eigenvalue weighted by Gasteiger charge is -2.22. The highest BCUT2D eigenvalue weighted by Crippen LogP contribution is 2.43. The van der Waals surface area contributed by atoms with E-state index in [-0.39, 0.29) is 11.3 Å². The zero-order valence-corrected chi connectivity index (χ0v) is 20.4. The fourth-order valence-electron chi connectivity index (χ4n) is 3.70. The van der Waals surface area contributed by atoms with Gasteiger partial charge in [-0.2, -0.15) is 0 Å². The third-order valence-electron chi connectivity index (χ3n) is 5.50. The third kappa shape index (κ3) is 4.58. The van der Waals surface area contributed by atoms with Gasteiger partial charge in [0.2, 0.25) is 5.13 Å². The normalized spacial score (nSPS) is 17.7. The number of benzene rings is 2. The van der Waals surface area contributed by atoms with Crippen molar-refractivity contribution in [3.05, 3.63) is 76.4 Å². The van der Waals surface area contributed by atoms with E-state index in [1.807, 2.05) is 43.3 Å². The van der Waals surface area contributed by atoms with E-state index in [9.17, 15) is 14.7 Å². The van der Waals surface area contributed by atoms with Crippen LogP contribution >= 0.6 is 23.1 Å². The number of rotatable bonds is 7. The van der Waals surface area contributed by atoms with E-state index >= 15 is 0 Å². The molecule has 0 radical (unpaired) electrons. The molecule has 1 aromatic heterocycles. The van der Waals surface area contributed by atoms with Crippen molar-refractivity contribution in [2.45, 2.75) is 44.0 Å². The molecule has 0 bridgehead atoms. The first-order valence-electron chi connectivity index (χ1n) is 10.9. The van der Waals surface area contributed by atoms with Crippen LogP contribution in [-0.4, -0.2) is 32.7 Å². The average molecular weight is 480 g/mol. The van der Waals surface area contributed by atoms with Gasteiger partial charge in [0.1, 0.15) is 5.76 Å². The van der Waals surface area contributed by atoms with Crippen LogP contribution in [0.15, 0.2) is 58.4 Å². The Kier molecular flexibility index (Phi) is 6.95. The predicted molar refractivity (Wildman–Crippen MR) is 133 cm³/mol. The number of hydrogen-bond donors (Lipinski definition) is 1. The fourth-order valence-corrected chi connectivity index (χ4v) is 5.49. The van der Waals surface area contributed by atoms with Crippen LogP contribution in [0.1, 0.15) is 48.6 Å². The molecule has 2 heterocycles. The highest BCUT2D eigenvalue weighted by Gasteiger charge is 2.48. The summed E-state index contributed by atoms with van der Waals surface area (Å²) in [7, 11) is 0. The third-order valence-corrected chi connectivity index (χ3v) is 7.77. The van der Waals surface area contributed by atoms with Gasteiger partial charge >= 0.3 is 5.91 Å². The molecule has 1 saturated heterocycles. The van der Waals surface area contributed by atoms with Gasteiger partial charge in [0.05, 0.1) is 11.6 Å². The summed E-state index contributed by atoms with van der Waals surface area (Å²) in [6.45, 7) is 6.09. The first kappa shape index (κ1) is 23.2. The Labute approximate surface area is 201 Å². The van der Waals surface area contributed by atoms with Crippen LogP contribution in [0.4, 0.5) is 5.13 Å². The van der Waals surface area contributed by atoms with E-state index in [2.05, 4.69) is 24.0 Å². The molecule has 1 aliphatic heterocycles. The maximum atomic E-state index is 13.2. The van der Waals surface area contributed by atoms with Crippen molar-refractivity contribution in [2.24, 2.45) is 0 Å². The monoisotopic (exact) mass is 479 g/mol. The quantitative estimate of drug-likeness (QED) is 0.158. The summed E-state index contributed by atoms with van der Waals surface area (Å²) in [4.78, 5) is 27.8. The van der Waals surface area contributed by atoms with Crippen LogP contribution in [0.5, 0.6) is 0 Å². The number of aliphatic hydroxyl groups excluding tert-OH is 1. The van der Waals surface area contributed by atoms with Crippen LogP contribution in [0, 0.1) is 6.92 Å². The minimum atomic E-state index is -0.783. The summed E-state index contributed by atoms with van der Waals surface area (Å²) in [5.41, 5.74) is 3.46. The highest BCUT2D eigenvalue weighted by atomic mass is 32.2. The molecule has 170 valence electrons. The molecule has 0 aliphatic carbocycles. The molecule has 3 aromatic rings. The minimum absolute atomic E-state index is 0.0612. The number of aryl methyl sites for hydroxylation is 2. The van der Waals surface area contributed by atoms with Gasteiger partial charge < -0.3 is 5.11 Å². The Balaban J connectivity index is 1.85. The molecule has 1 N–H and O–H groups in total. The molecule has 1 fully saturated rings. The largest absolute Gasteiger partial charge is 0.507 e. The van der Waals surface area contributed by atoms with E-state index < -0.39 is 17.7 Å². The van der Waals surface area contributed by atoms with Crippen molar-refractivity contribution in [2.75, 3.05) is 10.7 Å². The van der Waals surface area contributed by atoms with Crippen molar-refractivity contribution in [3.8, 4) is 0 Å². The SMILES string of the molecule is CCCSc1nnc(N2C(=O)C(=O)C(=C(O)c3ccc(C)cc3)[C@H]2c2ccc(CC)cc2)s1. The number of nitrogens with zero attached hydrogens (tertiary/aromatic N) is 3. The van der Waals surface area contributed by atoms with Gasteiger partial charge in [0, 0.05) is 11.3 Å². The summed E-state index contributed by atoms with van der Waals surface area (Å²) in [6, 6.07) is 14.2. The number of hydrogen-bond acceptors (Lipinski definition) is 7. The van der Waals surface area contributed by atoms with Gasteiger partial charge in [-0.3, -0.25) is 14.5 Å². The first-order chi connectivity index (χ1) is 15.9. The number of aromatic nitrogens is 2. The van der Waals surface area contributed by atoms with E-state index in [1.54, 1.807) is 23.9 Å². The molecular weight excluding hydrogens is 454 g/mol. The van der Waals surface area contributed by atoms with Gasteiger partial charge in [-0.15, -0.1) is 10.2 Å². The Morgan fingerprint density at radius 2 is 1.76 bits per heavy atom. The summed E-state index contributed by atoms with van der Waals surface area (Å²) in [5.74, 6) is -0.736. The molecule has 6 nitrogen and oxygen atoms in total. The number of amides is 1. The maximum absolute atomic E-state index is 13.2. The Bertz CT molecular complexity index is 1200. The van der Waals surface area contributed by atoms with Gasteiger partial charge in [0.25, 0.3) is 5.78 Å². The van der Waals surface area contributed by atoms with Gasteiger partial charge in [0.15, 0.2) is 4.34 Å². The molecule has 33 heavy (non-hydrogen) atoms. The minimum Gasteiger partial charge on any atom is -0.507 e. The van der Waals surface area contributed by atoms with Gasteiger partial charge in [-0.1, -0.05) is 91.0 Å². The second kappa shape index (κ2) is 9.89. The molecule has 2 aromatic carbocycles. The molecular formula is C25H25N3O3S2. The number of aliphatic hydroxyl groups is 1. The van der Waals surface area contributed by atoms with Crippen LogP contribution in [0.3, 0.4) is 0 Å². The van der Waals surface area contributed by atoms with Crippen molar-refractivity contribution in [3.63, 3.8) is 0 Å². The maximum Gasteiger partial charge on any atom is 0.301 e. The van der Waals surface area contributed by atoms with Crippen molar-refractivity contribution < 1.29 is 14.7 Å². The number of Topliss-reactive ketones (excluding diaryl/α,β-unsaturated/α-hetero) is 1. The molecule has 1 amide bonds. The smallest absolute Gasteiger partial charge is 0.301 e. The van der Waals surface area contributed by atoms with Crippen LogP contribution < -0.4 is 4.90 Å².